The predicted octanol–water partition coefficient (Wildman–Crippen LogP) is 8.11. The third-order valence-electron chi connectivity index (χ3n) is 9.40. The zero-order valence-electron chi connectivity index (χ0n) is 28.9. The largest absolute Gasteiger partial charge is 0.460 e. The van der Waals surface area contributed by atoms with Gasteiger partial charge < -0.3 is 29.5 Å². The first kappa shape index (κ1) is 35.6. The number of ether oxygens (including phenoxy) is 2. The van der Waals surface area contributed by atoms with Crippen LogP contribution in [0, 0.1) is 20.2 Å². The van der Waals surface area contributed by atoms with Crippen molar-refractivity contribution in [2.75, 3.05) is 9.80 Å². The number of rotatable bonds is 8. The number of aliphatic hydroxyl groups is 2. The van der Waals surface area contributed by atoms with E-state index in [0.717, 1.165) is 22.5 Å². The Bertz CT molecular complexity index is 2080. The van der Waals surface area contributed by atoms with E-state index in [1.165, 1.54) is 12.1 Å². The Kier molecular flexibility index (Phi) is 10.5. The first-order valence-corrected chi connectivity index (χ1v) is 17.3. The van der Waals surface area contributed by atoms with Gasteiger partial charge in [-0.1, -0.05) is 121 Å². The van der Waals surface area contributed by atoms with Gasteiger partial charge in [-0.25, -0.2) is 0 Å². The van der Waals surface area contributed by atoms with Gasteiger partial charge in [0.2, 0.25) is 12.6 Å². The molecule has 8 rings (SSSR count). The summed E-state index contributed by atoms with van der Waals surface area (Å²) in [6.07, 6.45) is -2.19. The van der Waals surface area contributed by atoms with E-state index in [1.54, 1.807) is 48.5 Å². The number of para-hydroxylation sites is 6. The van der Waals surface area contributed by atoms with Gasteiger partial charge in [0.15, 0.2) is 0 Å². The van der Waals surface area contributed by atoms with Crippen molar-refractivity contribution in [3.63, 3.8) is 0 Å². The first-order chi connectivity index (χ1) is 26.3. The molecule has 12 heteroatoms. The minimum Gasteiger partial charge on any atom is -0.460 e. The van der Waals surface area contributed by atoms with Crippen LogP contribution in [0.5, 0.6) is 11.5 Å². The average Bonchev–Trinajstić information content (AvgIpc) is 3.19. The van der Waals surface area contributed by atoms with Crippen LogP contribution in [-0.2, 0) is 13.1 Å². The summed E-state index contributed by atoms with van der Waals surface area (Å²) in [5.74, 6) is 1.10. The highest BCUT2D eigenvalue weighted by Crippen LogP contribution is 2.44. The molecule has 0 aliphatic carbocycles. The number of benzene rings is 6. The Balaban J connectivity index is 0.000000167. The van der Waals surface area contributed by atoms with Gasteiger partial charge in [0.05, 0.1) is 34.3 Å². The number of nitrogens with zero attached hydrogens (tertiary/aromatic N) is 4. The van der Waals surface area contributed by atoms with Crippen LogP contribution in [0.2, 0.25) is 0 Å². The van der Waals surface area contributed by atoms with E-state index in [-0.39, 0.29) is 34.3 Å². The molecule has 0 unspecified atom stereocenters. The lowest BCUT2D eigenvalue weighted by Crippen LogP contribution is -2.43. The van der Waals surface area contributed by atoms with Gasteiger partial charge in [0.25, 0.3) is 11.4 Å². The van der Waals surface area contributed by atoms with E-state index in [9.17, 15) is 30.4 Å². The number of fused-ring (bicyclic) bond motifs is 2. The molecule has 0 bridgehead atoms. The van der Waals surface area contributed by atoms with Crippen molar-refractivity contribution < 1.29 is 29.5 Å². The molecule has 0 amide bonds. The fraction of sp³-hybridized carbons (Fsp3) is 0.143. The molecule has 0 saturated carbocycles. The molecule has 6 aromatic carbocycles. The summed E-state index contributed by atoms with van der Waals surface area (Å²) in [4.78, 5) is 26.0. The van der Waals surface area contributed by atoms with Gasteiger partial charge in [0, 0.05) is 23.3 Å². The molecule has 0 radical (unpaired) electrons. The monoisotopic (exact) mass is 724 g/mol. The molecule has 54 heavy (non-hydrogen) atoms. The topological polar surface area (TPSA) is 152 Å². The zero-order valence-corrected chi connectivity index (χ0v) is 28.9. The Hall–Kier alpha value is -6.76. The molecule has 2 aliphatic heterocycles. The van der Waals surface area contributed by atoms with Crippen molar-refractivity contribution >= 4 is 22.7 Å². The maximum Gasteiger partial charge on any atom is 0.274 e. The smallest absolute Gasteiger partial charge is 0.274 e. The molecule has 272 valence electrons. The highest BCUT2D eigenvalue weighted by atomic mass is 16.6. The Labute approximate surface area is 311 Å². The number of hydrogen-bond acceptors (Lipinski definition) is 10. The molecular weight excluding hydrogens is 688 g/mol. The van der Waals surface area contributed by atoms with Crippen molar-refractivity contribution in [1.82, 2.24) is 0 Å². The van der Waals surface area contributed by atoms with E-state index in [4.69, 9.17) is 9.47 Å². The predicted molar refractivity (Wildman–Crippen MR) is 203 cm³/mol. The minimum atomic E-state index is -1.09. The summed E-state index contributed by atoms with van der Waals surface area (Å²) in [6.45, 7) is 0.544. The van der Waals surface area contributed by atoms with Crippen LogP contribution in [0.4, 0.5) is 22.7 Å². The SMILES string of the molecule is O=[N+]([O-])c1ccccc1CN1c2ccccc2O[C@@H](O)[C@@H]1c1ccccc1.O=[N+]([O-])c1ccccc1CN1c2ccccc2O[C@H](O)[C@H]1c1ccccc1. The molecule has 2 aliphatic rings. The summed E-state index contributed by atoms with van der Waals surface area (Å²) in [5.41, 5.74) is 4.59. The highest BCUT2D eigenvalue weighted by molar-refractivity contribution is 5.64. The van der Waals surface area contributed by atoms with Crippen LogP contribution >= 0.6 is 0 Å². The van der Waals surface area contributed by atoms with E-state index in [2.05, 4.69) is 0 Å². The Morgan fingerprint density at radius 2 is 0.815 bits per heavy atom. The number of nitro benzene ring substituents is 2. The highest BCUT2D eigenvalue weighted by Gasteiger charge is 2.38. The Morgan fingerprint density at radius 3 is 1.20 bits per heavy atom. The second-order valence-corrected chi connectivity index (χ2v) is 12.7. The number of nitro groups is 2. The molecular formula is C42H36N4O8. The maximum atomic E-state index is 11.4. The first-order valence-electron chi connectivity index (χ1n) is 17.3. The van der Waals surface area contributed by atoms with E-state index in [0.29, 0.717) is 22.6 Å². The van der Waals surface area contributed by atoms with Crippen LogP contribution in [-0.4, -0.2) is 32.6 Å². The third kappa shape index (κ3) is 7.42. The van der Waals surface area contributed by atoms with Gasteiger partial charge in [-0.3, -0.25) is 20.2 Å². The van der Waals surface area contributed by atoms with Crippen LogP contribution in [0.1, 0.15) is 34.3 Å². The average molecular weight is 725 g/mol. The maximum absolute atomic E-state index is 11.4. The van der Waals surface area contributed by atoms with Crippen LogP contribution < -0.4 is 19.3 Å². The molecule has 2 heterocycles. The van der Waals surface area contributed by atoms with E-state index >= 15 is 0 Å². The third-order valence-corrected chi connectivity index (χ3v) is 9.40. The van der Waals surface area contributed by atoms with Crippen LogP contribution in [0.25, 0.3) is 0 Å². The molecule has 0 spiro atoms. The zero-order chi connectivity index (χ0) is 37.6. The normalized spacial score (nSPS) is 18.5. The lowest BCUT2D eigenvalue weighted by atomic mass is 10.0. The fourth-order valence-corrected chi connectivity index (χ4v) is 6.95. The fourth-order valence-electron chi connectivity index (χ4n) is 6.95. The van der Waals surface area contributed by atoms with Crippen molar-refractivity contribution in [2.45, 2.75) is 37.8 Å². The minimum absolute atomic E-state index is 0.0581. The van der Waals surface area contributed by atoms with Gasteiger partial charge >= 0.3 is 0 Å². The van der Waals surface area contributed by atoms with Gasteiger partial charge in [0.1, 0.15) is 23.6 Å². The molecule has 0 saturated heterocycles. The summed E-state index contributed by atoms with van der Waals surface area (Å²) in [5, 5.41) is 44.3. The van der Waals surface area contributed by atoms with Crippen LogP contribution in [0.15, 0.2) is 158 Å². The van der Waals surface area contributed by atoms with Crippen molar-refractivity contribution in [2.24, 2.45) is 0 Å². The lowest BCUT2D eigenvalue weighted by Gasteiger charge is -2.41. The second-order valence-electron chi connectivity index (χ2n) is 12.7. The number of hydrogen-bond donors (Lipinski definition) is 2. The Morgan fingerprint density at radius 1 is 0.481 bits per heavy atom. The van der Waals surface area contributed by atoms with Crippen molar-refractivity contribution in [1.29, 1.82) is 0 Å². The summed E-state index contributed by atoms with van der Waals surface area (Å²) in [7, 11) is 0. The summed E-state index contributed by atoms with van der Waals surface area (Å²) >= 11 is 0. The van der Waals surface area contributed by atoms with E-state index in [1.807, 2.05) is 107 Å². The molecule has 0 aromatic heterocycles. The van der Waals surface area contributed by atoms with Crippen molar-refractivity contribution in [3.8, 4) is 11.5 Å². The summed E-state index contributed by atoms with van der Waals surface area (Å²) in [6, 6.07) is 46.2. The second kappa shape index (κ2) is 15.9. The van der Waals surface area contributed by atoms with E-state index < -0.39 is 24.7 Å². The quantitative estimate of drug-likeness (QED) is 0.116. The molecule has 0 fully saturated rings. The van der Waals surface area contributed by atoms with Gasteiger partial charge in [-0.2, -0.15) is 0 Å². The summed E-state index contributed by atoms with van der Waals surface area (Å²) < 4.78 is 11.4. The molecule has 6 aromatic rings. The van der Waals surface area contributed by atoms with Gasteiger partial charge in [-0.05, 0) is 35.4 Å². The molecule has 12 nitrogen and oxygen atoms in total. The molecule has 4 atom stereocenters. The number of aliphatic hydroxyl groups excluding tert-OH is 2. The number of anilines is 2. The lowest BCUT2D eigenvalue weighted by molar-refractivity contribution is -0.385. The van der Waals surface area contributed by atoms with Gasteiger partial charge in [-0.15, -0.1) is 0 Å². The van der Waals surface area contributed by atoms with Crippen LogP contribution in [0.3, 0.4) is 0 Å². The van der Waals surface area contributed by atoms with Crippen molar-refractivity contribution in [3.05, 3.63) is 200 Å². The standard InChI is InChI=1S/2C21H18N2O4/c2*24-21-20(15-8-2-1-3-9-15)22(18-12-6-7-13-19(18)27-21)14-16-10-4-5-11-17(16)23(25)26/h2*1-13,20-21,24H,14H2/t2*20-,21+/m10/s1. The molecule has 2 N–H and O–H groups in total.